The largest absolute Gasteiger partial charge is 1.00 e. The quantitative estimate of drug-likeness (QED) is 0.316. The zero-order valence-electron chi connectivity index (χ0n) is 15.2. The summed E-state index contributed by atoms with van der Waals surface area (Å²) in [5.41, 5.74) is 0.908. The normalized spacial score (nSPS) is 11.2. The van der Waals surface area contributed by atoms with Crippen molar-refractivity contribution in [2.45, 2.75) is 9.79 Å². The van der Waals surface area contributed by atoms with E-state index in [1.54, 1.807) is 36.4 Å². The van der Waals surface area contributed by atoms with E-state index in [1.165, 1.54) is 30.3 Å². The van der Waals surface area contributed by atoms with Crippen LogP contribution in [0.1, 0.15) is 0 Å². The Labute approximate surface area is 208 Å². The first-order valence-electron chi connectivity index (χ1n) is 7.38. The van der Waals surface area contributed by atoms with Crippen molar-refractivity contribution in [3.63, 3.8) is 0 Å². The van der Waals surface area contributed by atoms with Gasteiger partial charge in [-0.3, -0.25) is 0 Å². The average molecular weight is 434 g/mol. The molecule has 3 rings (SSSR count). The van der Waals surface area contributed by atoms with Crippen LogP contribution in [0, 0.1) is 0 Å². The Morgan fingerprint density at radius 3 is 1.61 bits per heavy atom. The van der Waals surface area contributed by atoms with E-state index in [2.05, 4.69) is 0 Å². The van der Waals surface area contributed by atoms with Gasteiger partial charge in [0, 0.05) is 11.1 Å². The van der Waals surface area contributed by atoms with Crippen LogP contribution in [0.25, 0.3) is 22.3 Å². The van der Waals surface area contributed by atoms with E-state index in [4.69, 9.17) is 0 Å². The third-order valence-electron chi connectivity index (χ3n) is 3.80. The molecule has 0 heterocycles. The van der Waals surface area contributed by atoms with Gasteiger partial charge in [-0.2, -0.15) is 0 Å². The minimum Gasteiger partial charge on any atom is -0.744 e. The van der Waals surface area contributed by atoms with E-state index in [0.29, 0.717) is 11.1 Å². The zero-order chi connectivity index (χ0) is 18.9. The molecule has 0 amide bonds. The predicted octanol–water partition coefficient (Wildman–Crippen LogP) is -3.16. The summed E-state index contributed by atoms with van der Waals surface area (Å²) in [6.45, 7) is 0. The van der Waals surface area contributed by atoms with Gasteiger partial charge in [-0.25, -0.2) is 16.8 Å². The molecule has 0 atom stereocenters. The molecule has 0 aliphatic carbocycles. The van der Waals surface area contributed by atoms with E-state index in [-0.39, 0.29) is 70.2 Å². The van der Waals surface area contributed by atoms with E-state index >= 15 is 0 Å². The van der Waals surface area contributed by atoms with Crippen LogP contribution in [-0.4, -0.2) is 25.9 Å². The second-order valence-corrected chi connectivity index (χ2v) is 8.18. The Bertz CT molecular complexity index is 1180. The Hall–Kier alpha value is -0.520. The molecule has 0 aromatic heterocycles. The van der Waals surface area contributed by atoms with Crippen molar-refractivity contribution in [2.75, 3.05) is 0 Å². The molecule has 0 N–H and O–H groups in total. The summed E-state index contributed by atoms with van der Waals surface area (Å²) in [6, 6.07) is 18.0. The maximum atomic E-state index is 11.8. The van der Waals surface area contributed by atoms with Crippen molar-refractivity contribution < 1.29 is 85.1 Å². The predicted molar refractivity (Wildman–Crippen MR) is 93.2 cm³/mol. The third-order valence-corrected chi connectivity index (χ3v) is 5.58. The maximum Gasteiger partial charge on any atom is 1.00 e. The van der Waals surface area contributed by atoms with Gasteiger partial charge in [0.15, 0.2) is 0 Å². The molecule has 0 spiro atoms. The van der Waals surface area contributed by atoms with Gasteiger partial charge >= 0.3 is 59.1 Å². The van der Waals surface area contributed by atoms with Gasteiger partial charge in [-0.05, 0) is 23.3 Å². The minimum atomic E-state index is -4.92. The van der Waals surface area contributed by atoms with Crippen molar-refractivity contribution in [1.82, 2.24) is 0 Å². The molecule has 0 aliphatic heterocycles. The Morgan fingerprint density at radius 1 is 0.536 bits per heavy atom. The van der Waals surface area contributed by atoms with E-state index in [9.17, 15) is 25.9 Å². The van der Waals surface area contributed by atoms with Crippen molar-refractivity contribution in [3.8, 4) is 22.3 Å². The molecule has 0 bridgehead atoms. The van der Waals surface area contributed by atoms with Gasteiger partial charge in [0.2, 0.25) is 0 Å². The van der Waals surface area contributed by atoms with E-state index in [1.807, 2.05) is 0 Å². The van der Waals surface area contributed by atoms with Crippen LogP contribution in [0.15, 0.2) is 82.6 Å². The topological polar surface area (TPSA) is 114 Å². The number of rotatable bonds is 4. The molecule has 0 fully saturated rings. The Kier molecular flexibility index (Phi) is 9.11. The second kappa shape index (κ2) is 9.99. The first-order chi connectivity index (χ1) is 12.2. The van der Waals surface area contributed by atoms with Crippen LogP contribution in [0.3, 0.4) is 0 Å². The van der Waals surface area contributed by atoms with Crippen LogP contribution in [0.2, 0.25) is 0 Å². The summed E-state index contributed by atoms with van der Waals surface area (Å²) in [6.07, 6.45) is 0. The molecule has 0 aliphatic rings. The molecule has 28 heavy (non-hydrogen) atoms. The SMILES string of the molecule is O=S(=O)([O-])c1ccccc1-c1ccc(-c2ccccc2)cc1S(=O)(=O)[O-].[Na+].[Na+]. The van der Waals surface area contributed by atoms with Gasteiger partial charge in [0.25, 0.3) is 0 Å². The molecule has 0 radical (unpaired) electrons. The fourth-order valence-corrected chi connectivity index (χ4v) is 4.08. The van der Waals surface area contributed by atoms with Gasteiger partial charge in [0.1, 0.15) is 20.2 Å². The molecule has 3 aromatic carbocycles. The summed E-state index contributed by atoms with van der Waals surface area (Å²) in [7, 11) is -9.77. The minimum absolute atomic E-state index is 0. The van der Waals surface area contributed by atoms with Crippen LogP contribution < -0.4 is 59.1 Å². The first-order valence-corrected chi connectivity index (χ1v) is 10.2. The molecule has 10 heteroatoms. The zero-order valence-corrected chi connectivity index (χ0v) is 20.8. The molecule has 3 aromatic rings. The average Bonchev–Trinajstić information content (AvgIpc) is 2.60. The van der Waals surface area contributed by atoms with Crippen LogP contribution in [-0.2, 0) is 20.2 Å². The summed E-state index contributed by atoms with van der Waals surface area (Å²) < 4.78 is 69.8. The van der Waals surface area contributed by atoms with Crippen molar-refractivity contribution in [3.05, 3.63) is 72.8 Å². The standard InChI is InChI=1S/C18H14O6S2.2Na/c19-25(20,21)17-9-5-4-8-15(17)16-11-10-14(12-18(16)26(22,23)24)13-6-2-1-3-7-13;;/h1-12H,(H,19,20,21)(H,22,23,24);;/q;2*+1/p-2. The molecule has 0 saturated carbocycles. The smallest absolute Gasteiger partial charge is 0.744 e. The van der Waals surface area contributed by atoms with Gasteiger partial charge in [-0.1, -0.05) is 60.7 Å². The first kappa shape index (κ1) is 25.5. The Balaban J connectivity index is 0.00000196. The van der Waals surface area contributed by atoms with Crippen LogP contribution >= 0.6 is 0 Å². The molecular weight excluding hydrogens is 422 g/mol. The molecule has 6 nitrogen and oxygen atoms in total. The summed E-state index contributed by atoms with van der Waals surface area (Å²) >= 11 is 0. The van der Waals surface area contributed by atoms with E-state index in [0.717, 1.165) is 6.07 Å². The second-order valence-electron chi connectivity index (χ2n) is 5.48. The van der Waals surface area contributed by atoms with Crippen molar-refractivity contribution >= 4 is 20.2 Å². The summed E-state index contributed by atoms with van der Waals surface area (Å²) in [5, 5.41) is 0. The van der Waals surface area contributed by atoms with Crippen LogP contribution in [0.5, 0.6) is 0 Å². The summed E-state index contributed by atoms with van der Waals surface area (Å²) in [4.78, 5) is -1.17. The molecule has 0 saturated heterocycles. The fraction of sp³-hybridized carbons (Fsp3) is 0. The van der Waals surface area contributed by atoms with Crippen molar-refractivity contribution in [1.29, 1.82) is 0 Å². The summed E-state index contributed by atoms with van der Waals surface area (Å²) in [5.74, 6) is 0. The molecule has 0 unspecified atom stereocenters. The van der Waals surface area contributed by atoms with Crippen LogP contribution in [0.4, 0.5) is 0 Å². The third kappa shape index (κ3) is 5.76. The van der Waals surface area contributed by atoms with Crippen molar-refractivity contribution in [2.24, 2.45) is 0 Å². The molecular formula is C18H12Na2O6S2. The van der Waals surface area contributed by atoms with E-state index < -0.39 is 30.0 Å². The Morgan fingerprint density at radius 2 is 1.04 bits per heavy atom. The van der Waals surface area contributed by atoms with Gasteiger partial charge in [-0.15, -0.1) is 0 Å². The number of hydrogen-bond donors (Lipinski definition) is 0. The van der Waals surface area contributed by atoms with Gasteiger partial charge < -0.3 is 9.11 Å². The van der Waals surface area contributed by atoms with Gasteiger partial charge in [0.05, 0.1) is 9.79 Å². The monoisotopic (exact) mass is 434 g/mol. The molecule has 134 valence electrons. The fourth-order valence-electron chi connectivity index (χ4n) is 2.67. The number of hydrogen-bond acceptors (Lipinski definition) is 6. The number of benzene rings is 3. The maximum absolute atomic E-state index is 11.8.